The minimum absolute atomic E-state index is 0.0340. The zero-order chi connectivity index (χ0) is 30.9. The van der Waals surface area contributed by atoms with Gasteiger partial charge in [0.05, 0.1) is 17.9 Å². The maximum atomic E-state index is 13.6. The maximum absolute atomic E-state index is 13.6. The van der Waals surface area contributed by atoms with E-state index in [4.69, 9.17) is 4.74 Å². The van der Waals surface area contributed by atoms with Gasteiger partial charge in [-0.2, -0.15) is 5.10 Å². The number of aromatic nitrogens is 4. The van der Waals surface area contributed by atoms with Crippen LogP contribution in [0.15, 0.2) is 12.5 Å². The predicted octanol–water partition coefficient (Wildman–Crippen LogP) is 6.53. The number of halogens is 1. The summed E-state index contributed by atoms with van der Waals surface area (Å²) in [6.45, 7) is 17.0. The van der Waals surface area contributed by atoms with E-state index in [2.05, 4.69) is 65.7 Å². The molecule has 0 bridgehead atoms. The Morgan fingerprint density at radius 2 is 1.89 bits per heavy atom. The number of fused-ring (bicyclic) bond motifs is 2. The Kier molecular flexibility index (Phi) is 7.61. The molecule has 8 nitrogen and oxygen atoms in total. The van der Waals surface area contributed by atoms with Gasteiger partial charge < -0.3 is 14.6 Å². The summed E-state index contributed by atoms with van der Waals surface area (Å²) >= 11 is 1.90. The second-order valence-electron chi connectivity index (χ2n) is 13.9. The highest BCUT2D eigenvalue weighted by Crippen LogP contribution is 2.48. The van der Waals surface area contributed by atoms with Crippen molar-refractivity contribution in [3.8, 4) is 11.3 Å². The largest absolute Gasteiger partial charge is 0.372 e. The first-order valence-corrected chi connectivity index (χ1v) is 17.1. The predicted molar refractivity (Wildman–Crippen MR) is 173 cm³/mol. The van der Waals surface area contributed by atoms with Crippen LogP contribution < -0.4 is 0 Å². The summed E-state index contributed by atoms with van der Waals surface area (Å²) in [6.07, 6.45) is 6.41. The minimum atomic E-state index is -0.841. The number of carbonyl (C=O) groups excluding carboxylic acids is 1. The van der Waals surface area contributed by atoms with Gasteiger partial charge in [-0.1, -0.05) is 13.8 Å². The Bertz CT molecular complexity index is 1710. The lowest BCUT2D eigenvalue weighted by molar-refractivity contribution is -0.186. The molecule has 236 valence electrons. The monoisotopic (exact) mass is 620 g/mol. The lowest BCUT2D eigenvalue weighted by Gasteiger charge is -2.52. The Balaban J connectivity index is 1.06. The zero-order valence-electron chi connectivity index (χ0n) is 26.9. The summed E-state index contributed by atoms with van der Waals surface area (Å²) in [5.74, 6) is 1.14. The van der Waals surface area contributed by atoms with E-state index in [-0.39, 0.29) is 17.4 Å². The van der Waals surface area contributed by atoms with Crippen molar-refractivity contribution in [2.75, 3.05) is 39.3 Å². The number of pyridine rings is 1. The van der Waals surface area contributed by atoms with E-state index >= 15 is 0 Å². The van der Waals surface area contributed by atoms with Gasteiger partial charge >= 0.3 is 0 Å². The van der Waals surface area contributed by atoms with Crippen LogP contribution in [0.4, 0.5) is 4.39 Å². The number of aryl methyl sites for hydroxylation is 2. The number of ether oxygens (including phenoxy) is 1. The highest BCUT2D eigenvalue weighted by Gasteiger charge is 2.51. The maximum Gasteiger partial charge on any atom is 0.225 e. The van der Waals surface area contributed by atoms with E-state index in [1.165, 1.54) is 43.0 Å². The van der Waals surface area contributed by atoms with Gasteiger partial charge in [-0.25, -0.2) is 13.9 Å². The summed E-state index contributed by atoms with van der Waals surface area (Å²) < 4.78 is 21.6. The standard InChI is InChI=1S/C34H45FN6O2S/c1-19(2)27-28-23(6)30(44-32(28)38-29(27)26-16-41-31(36-18-37-41)22(5)21(26)4)24-7-9-40(10-8-24)33(42)25-13-34(14-25)17-39(11-12-43-34)15-20(3)35/h16,18-20,24-25,38H,7-15,17H2,1-6H3. The van der Waals surface area contributed by atoms with Crippen molar-refractivity contribution >= 4 is 33.1 Å². The third-order valence-corrected chi connectivity index (χ3v) is 11.9. The Hall–Kier alpha value is -2.82. The SMILES string of the molecule is Cc1c(-c2[nH]c3sc(C4CCN(C(=O)C5CC6(C5)CN(CC(C)F)CCO6)CC4)c(C)c3c2C(C)C)cn2ncnc2c1C. The van der Waals surface area contributed by atoms with Crippen molar-refractivity contribution < 1.29 is 13.9 Å². The first-order valence-electron chi connectivity index (χ1n) is 16.3. The number of hydrogen-bond donors (Lipinski definition) is 1. The molecule has 3 aliphatic rings. The normalized spacial score (nSPS) is 24.2. The molecule has 1 atom stereocenters. The third kappa shape index (κ3) is 4.97. The lowest BCUT2D eigenvalue weighted by Crippen LogP contribution is -2.62. The summed E-state index contributed by atoms with van der Waals surface area (Å²) in [4.78, 5) is 28.7. The van der Waals surface area contributed by atoms with Crippen LogP contribution in [0.1, 0.15) is 85.4 Å². The summed E-state index contributed by atoms with van der Waals surface area (Å²) in [5.41, 5.74) is 8.17. The number of amides is 1. The molecule has 1 unspecified atom stereocenters. The van der Waals surface area contributed by atoms with Crippen LogP contribution in [-0.4, -0.2) is 86.4 Å². The Labute approximate surface area is 263 Å². The first kappa shape index (κ1) is 29.9. The molecule has 2 saturated heterocycles. The highest BCUT2D eigenvalue weighted by molar-refractivity contribution is 7.19. The first-order chi connectivity index (χ1) is 21.0. The molecule has 3 fully saturated rings. The fraction of sp³-hybridized carbons (Fsp3) is 0.618. The Morgan fingerprint density at radius 3 is 2.59 bits per heavy atom. The minimum Gasteiger partial charge on any atom is -0.372 e. The van der Waals surface area contributed by atoms with Crippen LogP contribution in [0.25, 0.3) is 27.1 Å². The van der Waals surface area contributed by atoms with E-state index in [0.29, 0.717) is 25.0 Å². The van der Waals surface area contributed by atoms with E-state index < -0.39 is 6.17 Å². The second-order valence-corrected chi connectivity index (χ2v) is 15.0. The quantitative estimate of drug-likeness (QED) is 0.265. The number of H-pyrrole nitrogens is 1. The van der Waals surface area contributed by atoms with Crippen LogP contribution in [0.5, 0.6) is 0 Å². The molecule has 0 aromatic carbocycles. The van der Waals surface area contributed by atoms with Crippen molar-refractivity contribution in [2.45, 2.75) is 90.8 Å². The smallest absolute Gasteiger partial charge is 0.225 e. The van der Waals surface area contributed by atoms with Crippen LogP contribution in [0.2, 0.25) is 0 Å². The van der Waals surface area contributed by atoms with E-state index in [0.717, 1.165) is 63.1 Å². The zero-order valence-corrected chi connectivity index (χ0v) is 27.7. The Morgan fingerprint density at radius 1 is 1.14 bits per heavy atom. The average molecular weight is 621 g/mol. The van der Waals surface area contributed by atoms with Gasteiger partial charge in [0, 0.05) is 60.7 Å². The van der Waals surface area contributed by atoms with Gasteiger partial charge in [-0.05, 0) is 87.5 Å². The van der Waals surface area contributed by atoms with Gasteiger partial charge in [0.15, 0.2) is 5.65 Å². The molecule has 1 aliphatic carbocycles. The number of thiophene rings is 1. The molecule has 1 saturated carbocycles. The van der Waals surface area contributed by atoms with Crippen molar-refractivity contribution in [1.82, 2.24) is 29.4 Å². The molecule has 1 amide bonds. The average Bonchev–Trinajstić information content (AvgIpc) is 3.68. The molecular weight excluding hydrogens is 575 g/mol. The number of piperidine rings is 1. The van der Waals surface area contributed by atoms with Crippen molar-refractivity contribution in [1.29, 1.82) is 0 Å². The highest BCUT2D eigenvalue weighted by atomic mass is 32.1. The number of alkyl halides is 1. The number of nitrogens with one attached hydrogen (secondary N) is 1. The molecule has 1 N–H and O–H groups in total. The molecular formula is C34H45FN6O2S. The molecule has 7 rings (SSSR count). The summed E-state index contributed by atoms with van der Waals surface area (Å²) in [5, 5.41) is 5.80. The molecule has 4 aromatic rings. The van der Waals surface area contributed by atoms with Crippen molar-refractivity contribution in [3.05, 3.63) is 39.7 Å². The number of hydrogen-bond acceptors (Lipinski definition) is 6. The van der Waals surface area contributed by atoms with E-state index in [9.17, 15) is 9.18 Å². The second kappa shape index (κ2) is 11.2. The van der Waals surface area contributed by atoms with Gasteiger partial charge in [-0.15, -0.1) is 11.3 Å². The number of carbonyl (C=O) groups is 1. The van der Waals surface area contributed by atoms with Crippen LogP contribution in [-0.2, 0) is 9.53 Å². The topological polar surface area (TPSA) is 78.8 Å². The van der Waals surface area contributed by atoms with Gasteiger partial charge in [0.1, 0.15) is 17.3 Å². The number of morpholine rings is 1. The number of nitrogens with zero attached hydrogens (tertiary/aromatic N) is 5. The molecule has 1 spiro atoms. The number of rotatable bonds is 6. The molecule has 2 aliphatic heterocycles. The molecule has 44 heavy (non-hydrogen) atoms. The molecule has 4 aromatic heterocycles. The van der Waals surface area contributed by atoms with Crippen LogP contribution >= 0.6 is 11.3 Å². The molecule has 0 radical (unpaired) electrons. The van der Waals surface area contributed by atoms with E-state index in [1.54, 1.807) is 13.3 Å². The van der Waals surface area contributed by atoms with Crippen molar-refractivity contribution in [3.63, 3.8) is 0 Å². The molecule has 6 heterocycles. The van der Waals surface area contributed by atoms with Gasteiger partial charge in [0.2, 0.25) is 5.91 Å². The fourth-order valence-corrected chi connectivity index (χ4v) is 9.59. The summed E-state index contributed by atoms with van der Waals surface area (Å²) in [7, 11) is 0. The number of likely N-dealkylation sites (tertiary alicyclic amines) is 1. The van der Waals surface area contributed by atoms with E-state index in [1.807, 2.05) is 15.9 Å². The van der Waals surface area contributed by atoms with Crippen LogP contribution in [0, 0.1) is 26.7 Å². The summed E-state index contributed by atoms with van der Waals surface area (Å²) in [6, 6.07) is 0. The fourth-order valence-electron chi connectivity index (χ4n) is 8.20. The van der Waals surface area contributed by atoms with Gasteiger partial charge in [0.25, 0.3) is 0 Å². The third-order valence-electron chi connectivity index (χ3n) is 10.5. The molecule has 10 heteroatoms. The van der Waals surface area contributed by atoms with Crippen molar-refractivity contribution in [2.24, 2.45) is 5.92 Å². The lowest BCUT2D eigenvalue weighted by atomic mass is 9.69. The van der Waals surface area contributed by atoms with Crippen LogP contribution in [0.3, 0.4) is 0 Å². The van der Waals surface area contributed by atoms with Gasteiger partial charge in [-0.3, -0.25) is 9.69 Å². The number of aromatic amines is 1.